The van der Waals surface area contributed by atoms with Crippen LogP contribution in [0, 0.1) is 5.82 Å². The van der Waals surface area contributed by atoms with Gasteiger partial charge in [-0.2, -0.15) is 0 Å². The summed E-state index contributed by atoms with van der Waals surface area (Å²) in [5, 5.41) is 8.38. The molecule has 1 aliphatic heterocycles. The second-order valence-corrected chi connectivity index (χ2v) is 5.05. The number of halogens is 1. The Morgan fingerprint density at radius 3 is 2.91 bits per heavy atom. The van der Waals surface area contributed by atoms with Crippen LogP contribution in [0.5, 0.6) is 0 Å². The Labute approximate surface area is 134 Å². The van der Waals surface area contributed by atoms with Gasteiger partial charge in [0.2, 0.25) is 0 Å². The Hall–Kier alpha value is -2.19. The molecule has 0 saturated carbocycles. The average molecular weight is 324 g/mol. The number of benzene rings is 1. The summed E-state index contributed by atoms with van der Waals surface area (Å²) >= 11 is 0. The minimum absolute atomic E-state index is 0.0703. The van der Waals surface area contributed by atoms with Crippen molar-refractivity contribution in [3.05, 3.63) is 29.6 Å². The molecule has 1 aliphatic rings. The van der Waals surface area contributed by atoms with Gasteiger partial charge in [0.25, 0.3) is 5.91 Å². The normalized spacial score (nSPS) is 14.0. The van der Waals surface area contributed by atoms with Gasteiger partial charge in [0.15, 0.2) is 0 Å². The molecule has 3 N–H and O–H groups in total. The van der Waals surface area contributed by atoms with Gasteiger partial charge in [-0.05, 0) is 18.2 Å². The fraction of sp³-hybridized carbons (Fsp3) is 0.467. The molecular weight excluding hydrogens is 303 g/mol. The number of urea groups is 1. The molecule has 0 aromatic heterocycles. The van der Waals surface area contributed by atoms with E-state index in [4.69, 9.17) is 4.74 Å². The Morgan fingerprint density at radius 2 is 2.22 bits per heavy atom. The van der Waals surface area contributed by atoms with Crippen molar-refractivity contribution in [2.45, 2.75) is 0 Å². The molecule has 1 aromatic carbocycles. The van der Waals surface area contributed by atoms with Gasteiger partial charge >= 0.3 is 6.03 Å². The van der Waals surface area contributed by atoms with Crippen LogP contribution in [0.1, 0.15) is 10.4 Å². The van der Waals surface area contributed by atoms with E-state index in [-0.39, 0.29) is 11.6 Å². The molecule has 23 heavy (non-hydrogen) atoms. The molecule has 0 aliphatic carbocycles. The molecule has 1 fully saturated rings. The van der Waals surface area contributed by atoms with E-state index < -0.39 is 11.7 Å². The third-order valence-corrected chi connectivity index (χ3v) is 3.43. The first-order chi connectivity index (χ1) is 11.1. The molecule has 0 spiro atoms. The number of anilines is 1. The highest BCUT2D eigenvalue weighted by atomic mass is 19.1. The smallest absolute Gasteiger partial charge is 0.321 e. The van der Waals surface area contributed by atoms with Crippen molar-refractivity contribution in [1.29, 1.82) is 0 Å². The Morgan fingerprint density at radius 1 is 1.39 bits per heavy atom. The Kier molecular flexibility index (Phi) is 6.30. The van der Waals surface area contributed by atoms with Gasteiger partial charge in [-0.15, -0.1) is 0 Å². The molecule has 0 bridgehead atoms. The van der Waals surface area contributed by atoms with Crippen LogP contribution in [0.4, 0.5) is 14.9 Å². The van der Waals surface area contributed by atoms with Crippen LogP contribution in [0.3, 0.4) is 0 Å². The molecule has 2 rings (SSSR count). The molecular formula is C15H21FN4O3. The van der Waals surface area contributed by atoms with Crippen molar-refractivity contribution < 1.29 is 18.7 Å². The van der Waals surface area contributed by atoms with Crippen molar-refractivity contribution in [1.82, 2.24) is 16.0 Å². The van der Waals surface area contributed by atoms with Gasteiger partial charge in [-0.1, -0.05) is 0 Å². The second-order valence-electron chi connectivity index (χ2n) is 5.05. The number of hydrogen-bond donors (Lipinski definition) is 3. The van der Waals surface area contributed by atoms with Crippen molar-refractivity contribution in [2.75, 3.05) is 51.3 Å². The quantitative estimate of drug-likeness (QED) is 0.602. The van der Waals surface area contributed by atoms with Crippen LogP contribution in [0.2, 0.25) is 0 Å². The summed E-state index contributed by atoms with van der Waals surface area (Å²) in [7, 11) is 1.61. The number of hydrogen-bond acceptors (Lipinski definition) is 4. The maximum Gasteiger partial charge on any atom is 0.321 e. The van der Waals surface area contributed by atoms with E-state index in [2.05, 4.69) is 16.0 Å². The summed E-state index contributed by atoms with van der Waals surface area (Å²) in [4.78, 5) is 25.2. The number of carbonyl (C=O) groups excluding carboxylic acids is 2. The van der Waals surface area contributed by atoms with Crippen LogP contribution < -0.4 is 20.9 Å². The van der Waals surface area contributed by atoms with Crippen LogP contribution in [-0.2, 0) is 4.74 Å². The fourth-order valence-electron chi connectivity index (χ4n) is 2.23. The first kappa shape index (κ1) is 17.2. The van der Waals surface area contributed by atoms with Crippen LogP contribution in [0.15, 0.2) is 18.2 Å². The summed E-state index contributed by atoms with van der Waals surface area (Å²) in [6.45, 7) is 3.23. The van der Waals surface area contributed by atoms with Crippen LogP contribution >= 0.6 is 0 Å². The van der Waals surface area contributed by atoms with Gasteiger partial charge in [-0.25, -0.2) is 9.18 Å². The van der Waals surface area contributed by atoms with Crippen molar-refractivity contribution >= 4 is 17.6 Å². The standard InChI is InChI=1S/C15H21FN4O3/c1-23-9-7-17-4-5-18-14(21)12-10-11(2-3-13(12)16)20-8-6-19-15(20)22/h2-3,10,17H,4-9H2,1H3,(H,18,21)(H,19,22). The molecule has 1 saturated heterocycles. The third-order valence-electron chi connectivity index (χ3n) is 3.43. The topological polar surface area (TPSA) is 82.7 Å². The molecule has 3 amide bonds. The van der Waals surface area contributed by atoms with Gasteiger partial charge < -0.3 is 20.7 Å². The van der Waals surface area contributed by atoms with E-state index in [1.807, 2.05) is 0 Å². The zero-order valence-corrected chi connectivity index (χ0v) is 13.0. The largest absolute Gasteiger partial charge is 0.383 e. The SMILES string of the molecule is COCCNCCNC(=O)c1cc(N2CCNC2=O)ccc1F. The molecule has 0 unspecified atom stereocenters. The monoisotopic (exact) mass is 324 g/mol. The van der Waals surface area contributed by atoms with Crippen molar-refractivity contribution in [3.8, 4) is 0 Å². The average Bonchev–Trinajstić information content (AvgIpc) is 2.97. The minimum Gasteiger partial charge on any atom is -0.383 e. The Bertz CT molecular complexity index is 568. The summed E-state index contributed by atoms with van der Waals surface area (Å²) in [6.07, 6.45) is 0. The predicted molar refractivity (Wildman–Crippen MR) is 84.2 cm³/mol. The third kappa shape index (κ3) is 4.64. The van der Waals surface area contributed by atoms with E-state index in [1.54, 1.807) is 7.11 Å². The molecule has 126 valence electrons. The zero-order valence-electron chi connectivity index (χ0n) is 13.0. The number of amides is 3. The fourth-order valence-corrected chi connectivity index (χ4v) is 2.23. The van der Waals surface area contributed by atoms with Crippen molar-refractivity contribution in [3.63, 3.8) is 0 Å². The van der Waals surface area contributed by atoms with Gasteiger partial charge in [-0.3, -0.25) is 9.69 Å². The minimum atomic E-state index is -0.613. The number of ether oxygens (including phenoxy) is 1. The van der Waals surface area contributed by atoms with Crippen molar-refractivity contribution in [2.24, 2.45) is 0 Å². The van der Waals surface area contributed by atoms with Crippen LogP contribution in [0.25, 0.3) is 0 Å². The number of nitrogens with one attached hydrogen (secondary N) is 3. The van der Waals surface area contributed by atoms with E-state index in [0.29, 0.717) is 45.0 Å². The Balaban J connectivity index is 1.92. The first-order valence-electron chi connectivity index (χ1n) is 7.46. The lowest BCUT2D eigenvalue weighted by Gasteiger charge is -2.15. The lowest BCUT2D eigenvalue weighted by atomic mass is 10.1. The number of carbonyl (C=O) groups is 2. The van der Waals surface area contributed by atoms with Crippen LogP contribution in [-0.4, -0.2) is 58.4 Å². The maximum absolute atomic E-state index is 13.9. The summed E-state index contributed by atoms with van der Waals surface area (Å²) < 4.78 is 18.8. The summed E-state index contributed by atoms with van der Waals surface area (Å²) in [5.41, 5.74) is 0.434. The predicted octanol–water partition coefficient (Wildman–Crippen LogP) is 0.321. The molecule has 7 nitrogen and oxygen atoms in total. The zero-order chi connectivity index (χ0) is 16.7. The number of nitrogens with zero attached hydrogens (tertiary/aromatic N) is 1. The maximum atomic E-state index is 13.9. The van der Waals surface area contributed by atoms with Gasteiger partial charge in [0.1, 0.15) is 5.82 Å². The molecule has 0 radical (unpaired) electrons. The highest BCUT2D eigenvalue weighted by molar-refractivity contribution is 5.98. The molecule has 8 heteroatoms. The first-order valence-corrected chi connectivity index (χ1v) is 7.46. The summed E-state index contributed by atoms with van der Waals surface area (Å²) in [5.74, 6) is -1.12. The highest BCUT2D eigenvalue weighted by Gasteiger charge is 2.23. The lowest BCUT2D eigenvalue weighted by Crippen LogP contribution is -2.33. The van der Waals surface area contributed by atoms with Gasteiger partial charge in [0.05, 0.1) is 12.2 Å². The van der Waals surface area contributed by atoms with E-state index in [9.17, 15) is 14.0 Å². The molecule has 1 heterocycles. The number of methoxy groups -OCH3 is 1. The highest BCUT2D eigenvalue weighted by Crippen LogP contribution is 2.20. The van der Waals surface area contributed by atoms with E-state index >= 15 is 0 Å². The summed E-state index contributed by atoms with van der Waals surface area (Å²) in [6, 6.07) is 3.84. The number of rotatable bonds is 8. The van der Waals surface area contributed by atoms with Gasteiger partial charge in [0, 0.05) is 45.5 Å². The second kappa shape index (κ2) is 8.44. The molecule has 0 atom stereocenters. The lowest BCUT2D eigenvalue weighted by molar-refractivity contribution is 0.0949. The molecule has 1 aromatic rings. The van der Waals surface area contributed by atoms with E-state index in [0.717, 1.165) is 0 Å². The van der Waals surface area contributed by atoms with E-state index in [1.165, 1.54) is 23.1 Å².